The van der Waals surface area contributed by atoms with Crippen LogP contribution in [0.3, 0.4) is 0 Å². The average molecular weight is 330 g/mol. The molecule has 116 valence electrons. The normalized spacial score (nSPS) is 19.3. The van der Waals surface area contributed by atoms with Crippen molar-refractivity contribution in [1.29, 1.82) is 0 Å². The highest BCUT2D eigenvalue weighted by Gasteiger charge is 2.32. The third kappa shape index (κ3) is 3.40. The second-order valence-corrected chi connectivity index (χ2v) is 8.43. The molecule has 1 aromatic rings. The van der Waals surface area contributed by atoms with Gasteiger partial charge in [-0.1, -0.05) is 13.8 Å². The quantitative estimate of drug-likeness (QED) is 0.800. The predicted molar refractivity (Wildman–Crippen MR) is 83.1 cm³/mol. The Labute approximate surface area is 130 Å². The summed E-state index contributed by atoms with van der Waals surface area (Å²) in [4.78, 5) is 14.6. The zero-order valence-corrected chi connectivity index (χ0v) is 14.0. The minimum atomic E-state index is -3.76. The Bertz CT molecular complexity index is 655. The van der Waals surface area contributed by atoms with E-state index in [1.807, 2.05) is 4.90 Å². The molecule has 1 aliphatic rings. The number of nitrogens with zero attached hydrogens (tertiary/aromatic N) is 1. The lowest BCUT2D eigenvalue weighted by atomic mass is 10.0. The molecule has 1 fully saturated rings. The second-order valence-electron chi connectivity index (χ2n) is 5.87. The number of hydrogen-bond acceptors (Lipinski definition) is 3. The zero-order valence-electron chi connectivity index (χ0n) is 12.5. The summed E-state index contributed by atoms with van der Waals surface area (Å²) < 4.78 is 22.7. The summed E-state index contributed by atoms with van der Waals surface area (Å²) in [7, 11) is 1.57. The van der Waals surface area contributed by atoms with Gasteiger partial charge in [0.05, 0.1) is 4.90 Å². The molecule has 0 spiro atoms. The molecular weight excluding hydrogens is 310 g/mol. The topological polar surface area (TPSA) is 54.5 Å². The van der Waals surface area contributed by atoms with E-state index in [1.54, 1.807) is 13.0 Å². The van der Waals surface area contributed by atoms with Crippen LogP contribution < -0.4 is 0 Å². The van der Waals surface area contributed by atoms with Gasteiger partial charge in [-0.2, -0.15) is 0 Å². The highest BCUT2D eigenvalue weighted by atomic mass is 35.7. The van der Waals surface area contributed by atoms with E-state index in [2.05, 4.69) is 13.8 Å². The Morgan fingerprint density at radius 1 is 1.38 bits per heavy atom. The molecule has 1 unspecified atom stereocenters. The van der Waals surface area contributed by atoms with Crippen molar-refractivity contribution in [1.82, 2.24) is 4.90 Å². The maximum atomic E-state index is 12.7. The average Bonchev–Trinajstić information content (AvgIpc) is 2.86. The van der Waals surface area contributed by atoms with E-state index in [0.29, 0.717) is 17.0 Å². The van der Waals surface area contributed by atoms with Crippen molar-refractivity contribution in [3.8, 4) is 0 Å². The molecule has 0 radical (unpaired) electrons. The molecule has 6 heteroatoms. The fourth-order valence-corrected chi connectivity index (χ4v) is 3.76. The summed E-state index contributed by atoms with van der Waals surface area (Å²) in [5.41, 5.74) is 1.18. The number of halogens is 1. The third-order valence-electron chi connectivity index (χ3n) is 4.04. The minimum Gasteiger partial charge on any atom is -0.335 e. The number of aryl methyl sites for hydroxylation is 1. The van der Waals surface area contributed by atoms with Gasteiger partial charge in [-0.3, -0.25) is 4.79 Å². The van der Waals surface area contributed by atoms with Gasteiger partial charge in [0.25, 0.3) is 15.0 Å². The van der Waals surface area contributed by atoms with Crippen LogP contribution >= 0.6 is 10.7 Å². The maximum Gasteiger partial charge on any atom is 0.261 e. The van der Waals surface area contributed by atoms with Gasteiger partial charge in [-0.25, -0.2) is 8.42 Å². The Hall–Kier alpha value is -1.07. The first-order valence-electron chi connectivity index (χ1n) is 7.08. The van der Waals surface area contributed by atoms with E-state index in [-0.39, 0.29) is 16.8 Å². The van der Waals surface area contributed by atoms with Gasteiger partial charge >= 0.3 is 0 Å². The summed E-state index contributed by atoms with van der Waals surface area (Å²) >= 11 is 0. The van der Waals surface area contributed by atoms with E-state index in [9.17, 15) is 13.2 Å². The van der Waals surface area contributed by atoms with Gasteiger partial charge in [0.2, 0.25) is 0 Å². The number of rotatable bonds is 3. The van der Waals surface area contributed by atoms with Crippen LogP contribution in [-0.2, 0) is 9.05 Å². The molecule has 1 heterocycles. The number of carbonyl (C=O) groups excluding carboxylic acids is 1. The summed E-state index contributed by atoms with van der Waals surface area (Å²) in [5.74, 6) is 0.390. The number of benzene rings is 1. The van der Waals surface area contributed by atoms with Crippen molar-refractivity contribution in [2.45, 2.75) is 44.6 Å². The molecular formula is C15H20ClNO3S. The maximum absolute atomic E-state index is 12.7. The van der Waals surface area contributed by atoms with Crippen LogP contribution in [0.5, 0.6) is 0 Å². The van der Waals surface area contributed by atoms with E-state index in [4.69, 9.17) is 10.7 Å². The van der Waals surface area contributed by atoms with Gasteiger partial charge in [0.15, 0.2) is 0 Å². The van der Waals surface area contributed by atoms with Crippen LogP contribution in [0.15, 0.2) is 23.1 Å². The van der Waals surface area contributed by atoms with Crippen LogP contribution in [0, 0.1) is 12.8 Å². The zero-order chi connectivity index (χ0) is 15.8. The molecule has 1 aliphatic heterocycles. The standard InChI is InChI=1S/C15H20ClNO3S/c1-10(2)14-5-4-8-17(14)15(18)13-7-6-12(9-11(13)3)21(16,19)20/h6-7,9-10,14H,4-5,8H2,1-3H3. The molecule has 0 aliphatic carbocycles. The van der Waals surface area contributed by atoms with Gasteiger partial charge in [-0.05, 0) is 49.4 Å². The molecule has 1 atom stereocenters. The van der Waals surface area contributed by atoms with Crippen LogP contribution in [0.1, 0.15) is 42.6 Å². The number of amides is 1. The van der Waals surface area contributed by atoms with Crippen molar-refractivity contribution < 1.29 is 13.2 Å². The first-order chi connectivity index (χ1) is 9.71. The smallest absolute Gasteiger partial charge is 0.261 e. The molecule has 0 aromatic heterocycles. The highest BCUT2D eigenvalue weighted by molar-refractivity contribution is 8.13. The van der Waals surface area contributed by atoms with E-state index >= 15 is 0 Å². The molecule has 4 nitrogen and oxygen atoms in total. The van der Waals surface area contributed by atoms with Crippen molar-refractivity contribution in [3.05, 3.63) is 29.3 Å². The summed E-state index contributed by atoms with van der Waals surface area (Å²) in [6.45, 7) is 6.73. The summed E-state index contributed by atoms with van der Waals surface area (Å²) in [5, 5.41) is 0. The molecule has 0 bridgehead atoms. The fourth-order valence-electron chi connectivity index (χ4n) is 2.92. The number of likely N-dealkylation sites (tertiary alicyclic amines) is 1. The lowest BCUT2D eigenvalue weighted by Gasteiger charge is -2.28. The first kappa shape index (κ1) is 16.3. The van der Waals surface area contributed by atoms with Crippen LogP contribution in [0.4, 0.5) is 0 Å². The van der Waals surface area contributed by atoms with E-state index in [1.165, 1.54) is 12.1 Å². The SMILES string of the molecule is Cc1cc(S(=O)(=O)Cl)ccc1C(=O)N1CCCC1C(C)C. The summed E-state index contributed by atoms with van der Waals surface area (Å²) in [6.07, 6.45) is 2.04. The van der Waals surface area contributed by atoms with Crippen molar-refractivity contribution >= 4 is 25.6 Å². The minimum absolute atomic E-state index is 0.0257. The fraction of sp³-hybridized carbons (Fsp3) is 0.533. The Balaban J connectivity index is 2.32. The van der Waals surface area contributed by atoms with Crippen LogP contribution in [0.2, 0.25) is 0 Å². The van der Waals surface area contributed by atoms with Gasteiger partial charge < -0.3 is 4.90 Å². The van der Waals surface area contributed by atoms with Gasteiger partial charge in [0, 0.05) is 28.8 Å². The highest BCUT2D eigenvalue weighted by Crippen LogP contribution is 2.27. The van der Waals surface area contributed by atoms with Gasteiger partial charge in [0.1, 0.15) is 0 Å². The van der Waals surface area contributed by atoms with E-state index in [0.717, 1.165) is 19.4 Å². The summed E-state index contributed by atoms with van der Waals surface area (Å²) in [6, 6.07) is 4.66. The van der Waals surface area contributed by atoms with Crippen molar-refractivity contribution in [3.63, 3.8) is 0 Å². The molecule has 1 saturated heterocycles. The number of carbonyl (C=O) groups is 1. The monoisotopic (exact) mass is 329 g/mol. The lowest BCUT2D eigenvalue weighted by molar-refractivity contribution is 0.0700. The van der Waals surface area contributed by atoms with Crippen molar-refractivity contribution in [2.75, 3.05) is 6.54 Å². The number of hydrogen-bond donors (Lipinski definition) is 0. The Morgan fingerprint density at radius 2 is 2.05 bits per heavy atom. The van der Waals surface area contributed by atoms with Gasteiger partial charge in [-0.15, -0.1) is 0 Å². The molecule has 0 N–H and O–H groups in total. The van der Waals surface area contributed by atoms with E-state index < -0.39 is 9.05 Å². The Morgan fingerprint density at radius 3 is 2.57 bits per heavy atom. The second kappa shape index (κ2) is 5.97. The van der Waals surface area contributed by atoms with Crippen molar-refractivity contribution in [2.24, 2.45) is 5.92 Å². The largest absolute Gasteiger partial charge is 0.335 e. The Kier molecular flexibility index (Phi) is 4.63. The third-order valence-corrected chi connectivity index (χ3v) is 5.39. The lowest BCUT2D eigenvalue weighted by Crippen LogP contribution is -2.38. The van der Waals surface area contributed by atoms with Crippen LogP contribution in [0.25, 0.3) is 0 Å². The predicted octanol–water partition coefficient (Wildman–Crippen LogP) is 3.18. The first-order valence-corrected chi connectivity index (χ1v) is 9.39. The molecule has 21 heavy (non-hydrogen) atoms. The van der Waals surface area contributed by atoms with Crippen LogP contribution in [-0.4, -0.2) is 31.8 Å². The molecule has 1 aromatic carbocycles. The molecule has 0 saturated carbocycles. The molecule has 2 rings (SSSR count). The molecule has 1 amide bonds.